The lowest BCUT2D eigenvalue weighted by atomic mass is 10.1. The van der Waals surface area contributed by atoms with Gasteiger partial charge in [0.1, 0.15) is 0 Å². The highest BCUT2D eigenvalue weighted by Gasteiger charge is 2.11. The molecule has 1 amide bonds. The summed E-state index contributed by atoms with van der Waals surface area (Å²) in [6.07, 6.45) is 3.49. The Hall–Kier alpha value is -1.56. The molecule has 0 saturated heterocycles. The third-order valence-electron chi connectivity index (χ3n) is 3.01. The summed E-state index contributed by atoms with van der Waals surface area (Å²) in [7, 11) is -1.75. The number of carbonyl (C=O) groups excluding carboxylic acids is 1. The predicted octanol–water partition coefficient (Wildman–Crippen LogP) is 1.54. The molecule has 0 fully saturated rings. The smallest absolute Gasteiger partial charge is 0.231 e. The van der Waals surface area contributed by atoms with E-state index in [0.29, 0.717) is 18.7 Å². The molecule has 0 aliphatic carbocycles. The topological polar surface area (TPSA) is 66.5 Å². The van der Waals surface area contributed by atoms with Gasteiger partial charge in [-0.3, -0.25) is 9.10 Å². The number of hydrogen-bond donors (Lipinski definition) is 1. The Morgan fingerprint density at radius 2 is 1.85 bits per heavy atom. The number of hydrogen-bond acceptors (Lipinski definition) is 3. The Kier molecular flexibility index (Phi) is 6.01. The second-order valence-electron chi connectivity index (χ2n) is 4.78. The second-order valence-corrected chi connectivity index (χ2v) is 6.79. The molecule has 1 aromatic carbocycles. The van der Waals surface area contributed by atoms with Crippen molar-refractivity contribution in [3.05, 3.63) is 29.8 Å². The highest BCUT2D eigenvalue weighted by molar-refractivity contribution is 7.92. The molecule has 0 aliphatic rings. The second kappa shape index (κ2) is 7.28. The van der Waals surface area contributed by atoms with E-state index in [1.165, 1.54) is 11.4 Å². The fourth-order valence-electron chi connectivity index (χ4n) is 1.67. The van der Waals surface area contributed by atoms with Gasteiger partial charge in [-0.15, -0.1) is 0 Å². The van der Waals surface area contributed by atoms with Crippen LogP contribution in [0.1, 0.15) is 25.3 Å². The van der Waals surface area contributed by atoms with Crippen LogP contribution in [0.4, 0.5) is 5.69 Å². The van der Waals surface area contributed by atoms with E-state index in [9.17, 15) is 13.2 Å². The van der Waals surface area contributed by atoms with Crippen LogP contribution < -0.4 is 9.62 Å². The number of nitrogens with zero attached hydrogens (tertiary/aromatic N) is 1. The lowest BCUT2D eigenvalue weighted by Crippen LogP contribution is -2.26. The Labute approximate surface area is 121 Å². The van der Waals surface area contributed by atoms with Crippen LogP contribution in [0.25, 0.3) is 0 Å². The zero-order chi connectivity index (χ0) is 15.2. The van der Waals surface area contributed by atoms with E-state index in [2.05, 4.69) is 12.2 Å². The van der Waals surface area contributed by atoms with Gasteiger partial charge in [-0.1, -0.05) is 25.5 Å². The minimum Gasteiger partial charge on any atom is -0.356 e. The summed E-state index contributed by atoms with van der Waals surface area (Å²) >= 11 is 0. The molecule has 0 unspecified atom stereocenters. The molecule has 20 heavy (non-hydrogen) atoms. The first-order valence-corrected chi connectivity index (χ1v) is 8.49. The fraction of sp³-hybridized carbons (Fsp3) is 0.500. The summed E-state index contributed by atoms with van der Waals surface area (Å²) in [6, 6.07) is 6.96. The van der Waals surface area contributed by atoms with Gasteiger partial charge in [0.05, 0.1) is 18.4 Å². The number of nitrogens with one attached hydrogen (secondary N) is 1. The van der Waals surface area contributed by atoms with Gasteiger partial charge >= 0.3 is 0 Å². The number of benzene rings is 1. The summed E-state index contributed by atoms with van der Waals surface area (Å²) in [4.78, 5) is 11.6. The molecule has 0 saturated carbocycles. The zero-order valence-electron chi connectivity index (χ0n) is 12.2. The molecule has 0 aromatic heterocycles. The van der Waals surface area contributed by atoms with E-state index in [1.807, 2.05) is 0 Å². The van der Waals surface area contributed by atoms with Gasteiger partial charge < -0.3 is 5.32 Å². The Balaban J connectivity index is 2.61. The SMILES string of the molecule is CCCCNC(=O)Cc1ccc(N(C)S(C)(=O)=O)cc1. The van der Waals surface area contributed by atoms with Crippen LogP contribution in [-0.2, 0) is 21.2 Å². The van der Waals surface area contributed by atoms with Crippen LogP contribution in [0.5, 0.6) is 0 Å². The standard InChI is InChI=1S/C14H22N2O3S/c1-4-5-10-15-14(17)11-12-6-8-13(9-7-12)16(2)20(3,18)19/h6-9H,4-5,10-11H2,1-3H3,(H,15,17). The molecular weight excluding hydrogens is 276 g/mol. The van der Waals surface area contributed by atoms with Gasteiger partial charge in [-0.25, -0.2) is 8.42 Å². The summed E-state index contributed by atoms with van der Waals surface area (Å²) in [5, 5.41) is 2.85. The zero-order valence-corrected chi connectivity index (χ0v) is 13.0. The highest BCUT2D eigenvalue weighted by atomic mass is 32.2. The van der Waals surface area contributed by atoms with Gasteiger partial charge in [0.15, 0.2) is 0 Å². The quantitative estimate of drug-likeness (QED) is 0.777. The van der Waals surface area contributed by atoms with E-state index in [0.717, 1.165) is 24.7 Å². The molecule has 0 heterocycles. The number of rotatable bonds is 7. The molecule has 1 rings (SSSR count). The van der Waals surface area contributed by atoms with E-state index in [4.69, 9.17) is 0 Å². The van der Waals surface area contributed by atoms with Crippen LogP contribution in [0.2, 0.25) is 0 Å². The maximum atomic E-state index is 11.6. The lowest BCUT2D eigenvalue weighted by molar-refractivity contribution is -0.120. The first-order valence-electron chi connectivity index (χ1n) is 6.64. The Bertz CT molecular complexity index is 538. The molecule has 0 atom stereocenters. The maximum Gasteiger partial charge on any atom is 0.231 e. The Morgan fingerprint density at radius 3 is 2.35 bits per heavy atom. The van der Waals surface area contributed by atoms with Crippen molar-refractivity contribution in [2.75, 3.05) is 24.2 Å². The molecule has 0 spiro atoms. The molecule has 0 bridgehead atoms. The Morgan fingerprint density at radius 1 is 1.25 bits per heavy atom. The minimum atomic E-state index is -3.25. The molecule has 1 N–H and O–H groups in total. The normalized spacial score (nSPS) is 11.2. The largest absolute Gasteiger partial charge is 0.356 e. The van der Waals surface area contributed by atoms with Crippen molar-refractivity contribution in [2.24, 2.45) is 0 Å². The molecule has 5 nitrogen and oxygen atoms in total. The first-order chi connectivity index (χ1) is 9.34. The number of amides is 1. The summed E-state index contributed by atoms with van der Waals surface area (Å²) < 4.78 is 24.0. The van der Waals surface area contributed by atoms with Crippen molar-refractivity contribution in [3.63, 3.8) is 0 Å². The van der Waals surface area contributed by atoms with Crippen LogP contribution >= 0.6 is 0 Å². The van der Waals surface area contributed by atoms with Crippen molar-refractivity contribution in [2.45, 2.75) is 26.2 Å². The van der Waals surface area contributed by atoms with Gasteiger partial charge in [0.25, 0.3) is 0 Å². The third kappa shape index (κ3) is 5.21. The van der Waals surface area contributed by atoms with Gasteiger partial charge in [0, 0.05) is 13.6 Å². The number of carbonyl (C=O) groups is 1. The average molecular weight is 298 g/mol. The van der Waals surface area contributed by atoms with Gasteiger partial charge in [-0.2, -0.15) is 0 Å². The molecule has 0 radical (unpaired) electrons. The number of anilines is 1. The van der Waals surface area contributed by atoms with E-state index >= 15 is 0 Å². The molecular formula is C14H22N2O3S. The monoisotopic (exact) mass is 298 g/mol. The van der Waals surface area contributed by atoms with E-state index < -0.39 is 10.0 Å². The van der Waals surface area contributed by atoms with Crippen molar-refractivity contribution in [1.82, 2.24) is 5.32 Å². The highest BCUT2D eigenvalue weighted by Crippen LogP contribution is 2.16. The molecule has 0 aliphatic heterocycles. The minimum absolute atomic E-state index is 0.0114. The molecule has 1 aromatic rings. The first kappa shape index (κ1) is 16.5. The van der Waals surface area contributed by atoms with Gasteiger partial charge in [0.2, 0.25) is 15.9 Å². The van der Waals surface area contributed by atoms with E-state index in [-0.39, 0.29) is 5.91 Å². The van der Waals surface area contributed by atoms with Crippen LogP contribution in [0, 0.1) is 0 Å². The molecule has 6 heteroatoms. The predicted molar refractivity (Wildman–Crippen MR) is 81.3 cm³/mol. The summed E-state index contributed by atoms with van der Waals surface area (Å²) in [6.45, 7) is 2.77. The van der Waals surface area contributed by atoms with Crippen molar-refractivity contribution < 1.29 is 13.2 Å². The van der Waals surface area contributed by atoms with Crippen LogP contribution in [0.15, 0.2) is 24.3 Å². The number of sulfonamides is 1. The summed E-state index contributed by atoms with van der Waals surface area (Å²) in [5.74, 6) is -0.0114. The number of unbranched alkanes of at least 4 members (excludes halogenated alkanes) is 1. The van der Waals surface area contributed by atoms with Gasteiger partial charge in [-0.05, 0) is 24.1 Å². The van der Waals surface area contributed by atoms with Crippen LogP contribution in [0.3, 0.4) is 0 Å². The maximum absolute atomic E-state index is 11.6. The fourth-order valence-corrected chi connectivity index (χ4v) is 2.17. The van der Waals surface area contributed by atoms with Crippen molar-refractivity contribution in [1.29, 1.82) is 0 Å². The average Bonchev–Trinajstić information content (AvgIpc) is 2.38. The third-order valence-corrected chi connectivity index (χ3v) is 4.22. The van der Waals surface area contributed by atoms with Crippen molar-refractivity contribution in [3.8, 4) is 0 Å². The van der Waals surface area contributed by atoms with Crippen LogP contribution in [-0.4, -0.2) is 34.2 Å². The summed E-state index contributed by atoms with van der Waals surface area (Å²) in [5.41, 5.74) is 1.45. The lowest BCUT2D eigenvalue weighted by Gasteiger charge is -2.16. The molecule has 112 valence electrons. The van der Waals surface area contributed by atoms with Crippen molar-refractivity contribution >= 4 is 21.6 Å². The van der Waals surface area contributed by atoms with E-state index in [1.54, 1.807) is 24.3 Å².